The fourth-order valence-corrected chi connectivity index (χ4v) is 2.76. The zero-order valence-electron chi connectivity index (χ0n) is 11.2. The normalized spacial score (nSPS) is 18.3. The number of benzene rings is 1. The summed E-state index contributed by atoms with van der Waals surface area (Å²) in [6.07, 6.45) is 6.06. The summed E-state index contributed by atoms with van der Waals surface area (Å²) >= 11 is 0. The van der Waals surface area contributed by atoms with Gasteiger partial charge in [-0.25, -0.2) is 4.39 Å². The summed E-state index contributed by atoms with van der Waals surface area (Å²) < 4.78 is 14.0. The molecular formula is C16H19FO. The van der Waals surface area contributed by atoms with E-state index in [1.54, 1.807) is 6.07 Å². The zero-order valence-corrected chi connectivity index (χ0v) is 11.2. The van der Waals surface area contributed by atoms with Crippen molar-refractivity contribution in [3.63, 3.8) is 0 Å². The van der Waals surface area contributed by atoms with E-state index in [1.807, 2.05) is 6.92 Å². The Hall–Kier alpha value is -1.44. The van der Waals surface area contributed by atoms with Crippen molar-refractivity contribution in [3.8, 4) is 0 Å². The molecule has 18 heavy (non-hydrogen) atoms. The lowest BCUT2D eigenvalue weighted by atomic mass is 9.77. The lowest BCUT2D eigenvalue weighted by molar-refractivity contribution is 0.112. The highest BCUT2D eigenvalue weighted by atomic mass is 19.1. The van der Waals surface area contributed by atoms with E-state index in [0.717, 1.165) is 36.7 Å². The monoisotopic (exact) mass is 246 g/mol. The van der Waals surface area contributed by atoms with Gasteiger partial charge in [0.2, 0.25) is 0 Å². The van der Waals surface area contributed by atoms with Gasteiger partial charge in [-0.3, -0.25) is 4.79 Å². The number of carbonyl (C=O) groups excluding carboxylic acids is 1. The summed E-state index contributed by atoms with van der Waals surface area (Å²) in [5, 5.41) is 0. The maximum Gasteiger partial charge on any atom is 0.150 e. The molecule has 1 aromatic rings. The van der Waals surface area contributed by atoms with Crippen molar-refractivity contribution >= 4 is 11.9 Å². The van der Waals surface area contributed by atoms with Crippen LogP contribution in [0.1, 0.15) is 54.6 Å². The van der Waals surface area contributed by atoms with Crippen molar-refractivity contribution in [1.29, 1.82) is 0 Å². The minimum absolute atomic E-state index is 0.115. The second-order valence-electron chi connectivity index (χ2n) is 5.77. The second kappa shape index (κ2) is 4.68. The Kier molecular flexibility index (Phi) is 3.38. The molecule has 0 bridgehead atoms. The molecule has 96 valence electrons. The van der Waals surface area contributed by atoms with Crippen LogP contribution < -0.4 is 0 Å². The SMILES string of the molecule is Cc1c(C=O)ccc(F)c1C1=CC(C)(C)CCC1. The van der Waals surface area contributed by atoms with Gasteiger partial charge in [-0.2, -0.15) is 0 Å². The van der Waals surface area contributed by atoms with Crippen LogP contribution in [0.5, 0.6) is 0 Å². The first-order valence-corrected chi connectivity index (χ1v) is 6.41. The summed E-state index contributed by atoms with van der Waals surface area (Å²) in [5.74, 6) is -0.220. The van der Waals surface area contributed by atoms with Crippen LogP contribution in [0.2, 0.25) is 0 Å². The maximum atomic E-state index is 14.0. The van der Waals surface area contributed by atoms with Gasteiger partial charge < -0.3 is 0 Å². The minimum Gasteiger partial charge on any atom is -0.298 e. The number of hydrogen-bond acceptors (Lipinski definition) is 1. The highest BCUT2D eigenvalue weighted by Gasteiger charge is 2.23. The minimum atomic E-state index is -0.220. The van der Waals surface area contributed by atoms with Crippen LogP contribution in [0.25, 0.3) is 5.57 Å². The number of hydrogen-bond donors (Lipinski definition) is 0. The maximum absolute atomic E-state index is 14.0. The predicted molar refractivity (Wildman–Crippen MR) is 72.1 cm³/mol. The Bertz CT molecular complexity index is 512. The molecule has 0 radical (unpaired) electrons. The van der Waals surface area contributed by atoms with E-state index in [2.05, 4.69) is 19.9 Å². The fraction of sp³-hybridized carbons (Fsp3) is 0.438. The number of carbonyl (C=O) groups is 1. The van der Waals surface area contributed by atoms with Crippen LogP contribution in [0.3, 0.4) is 0 Å². The van der Waals surface area contributed by atoms with Crippen molar-refractivity contribution in [2.75, 3.05) is 0 Å². The summed E-state index contributed by atoms with van der Waals surface area (Å²) in [6.45, 7) is 6.16. The van der Waals surface area contributed by atoms with Gasteiger partial charge in [-0.1, -0.05) is 19.9 Å². The molecule has 0 amide bonds. The number of rotatable bonds is 2. The topological polar surface area (TPSA) is 17.1 Å². The molecule has 0 saturated carbocycles. The molecule has 2 heteroatoms. The third-order valence-corrected chi connectivity index (χ3v) is 3.74. The zero-order chi connectivity index (χ0) is 13.3. The quantitative estimate of drug-likeness (QED) is 0.700. The smallest absolute Gasteiger partial charge is 0.150 e. The van der Waals surface area contributed by atoms with Gasteiger partial charge in [0.25, 0.3) is 0 Å². The highest BCUT2D eigenvalue weighted by Crippen LogP contribution is 2.39. The van der Waals surface area contributed by atoms with Crippen molar-refractivity contribution in [2.45, 2.75) is 40.0 Å². The van der Waals surface area contributed by atoms with Gasteiger partial charge >= 0.3 is 0 Å². The lowest BCUT2D eigenvalue weighted by Crippen LogP contribution is -2.14. The van der Waals surface area contributed by atoms with Crippen LogP contribution >= 0.6 is 0 Å². The van der Waals surface area contributed by atoms with E-state index in [4.69, 9.17) is 0 Å². The molecule has 0 unspecified atom stereocenters. The number of allylic oxidation sites excluding steroid dienone is 2. The molecule has 0 aromatic heterocycles. The number of aldehydes is 1. The number of halogens is 1. The van der Waals surface area contributed by atoms with Crippen LogP contribution in [0.15, 0.2) is 18.2 Å². The molecule has 1 aliphatic rings. The lowest BCUT2D eigenvalue weighted by Gasteiger charge is -2.28. The van der Waals surface area contributed by atoms with E-state index in [9.17, 15) is 9.18 Å². The summed E-state index contributed by atoms with van der Waals surface area (Å²) in [7, 11) is 0. The average Bonchev–Trinajstić information content (AvgIpc) is 2.28. The van der Waals surface area contributed by atoms with E-state index < -0.39 is 0 Å². The van der Waals surface area contributed by atoms with Crippen molar-refractivity contribution < 1.29 is 9.18 Å². The first-order valence-electron chi connectivity index (χ1n) is 6.41. The van der Waals surface area contributed by atoms with E-state index >= 15 is 0 Å². The molecule has 0 heterocycles. The van der Waals surface area contributed by atoms with Gasteiger partial charge in [0, 0.05) is 11.1 Å². The third-order valence-electron chi connectivity index (χ3n) is 3.74. The van der Waals surface area contributed by atoms with Crippen LogP contribution in [-0.2, 0) is 0 Å². The molecule has 0 spiro atoms. The van der Waals surface area contributed by atoms with Crippen molar-refractivity contribution in [2.24, 2.45) is 5.41 Å². The molecule has 0 N–H and O–H groups in total. The van der Waals surface area contributed by atoms with Crippen molar-refractivity contribution in [1.82, 2.24) is 0 Å². The van der Waals surface area contributed by atoms with Gasteiger partial charge in [0.1, 0.15) is 12.1 Å². The molecule has 1 aromatic carbocycles. The Morgan fingerprint density at radius 3 is 2.67 bits per heavy atom. The fourth-order valence-electron chi connectivity index (χ4n) is 2.76. The molecule has 0 atom stereocenters. The van der Waals surface area contributed by atoms with Gasteiger partial charge in [-0.15, -0.1) is 0 Å². The van der Waals surface area contributed by atoms with Crippen molar-refractivity contribution in [3.05, 3.63) is 40.7 Å². The van der Waals surface area contributed by atoms with E-state index in [-0.39, 0.29) is 11.2 Å². The Labute approximate surface area is 108 Å². The van der Waals surface area contributed by atoms with E-state index in [0.29, 0.717) is 11.1 Å². The van der Waals surface area contributed by atoms with Crippen LogP contribution in [0, 0.1) is 18.2 Å². The van der Waals surface area contributed by atoms with Gasteiger partial charge in [0.15, 0.2) is 0 Å². The van der Waals surface area contributed by atoms with Gasteiger partial charge in [0.05, 0.1) is 0 Å². The predicted octanol–water partition coefficient (Wildman–Crippen LogP) is 4.54. The molecule has 1 aliphatic carbocycles. The van der Waals surface area contributed by atoms with E-state index in [1.165, 1.54) is 6.07 Å². The molecule has 0 fully saturated rings. The molecule has 0 aliphatic heterocycles. The van der Waals surface area contributed by atoms with Crippen LogP contribution in [-0.4, -0.2) is 6.29 Å². The first kappa shape index (κ1) is 13.0. The average molecular weight is 246 g/mol. The Morgan fingerprint density at radius 1 is 1.33 bits per heavy atom. The first-order chi connectivity index (χ1) is 8.44. The second-order valence-corrected chi connectivity index (χ2v) is 5.77. The largest absolute Gasteiger partial charge is 0.298 e. The summed E-state index contributed by atoms with van der Waals surface area (Å²) in [6, 6.07) is 2.95. The molecular weight excluding hydrogens is 227 g/mol. The van der Waals surface area contributed by atoms with Gasteiger partial charge in [-0.05, 0) is 54.9 Å². The highest BCUT2D eigenvalue weighted by molar-refractivity contribution is 5.82. The Morgan fingerprint density at radius 2 is 2.06 bits per heavy atom. The van der Waals surface area contributed by atoms with Crippen LogP contribution in [0.4, 0.5) is 4.39 Å². The summed E-state index contributed by atoms with van der Waals surface area (Å²) in [4.78, 5) is 11.0. The Balaban J connectivity index is 2.57. The molecule has 1 nitrogen and oxygen atoms in total. The molecule has 0 saturated heterocycles. The molecule has 2 rings (SSSR count). The summed E-state index contributed by atoms with van der Waals surface area (Å²) in [5.41, 5.74) is 3.13. The standard InChI is InChI=1S/C16H19FO/c1-11-13(10-18)6-7-14(17)15(11)12-5-4-8-16(2,3)9-12/h6-7,9-10H,4-5,8H2,1-3H3. The third kappa shape index (κ3) is 2.38.